The van der Waals surface area contributed by atoms with E-state index in [9.17, 15) is 9.59 Å². The first-order valence-electron chi connectivity index (χ1n) is 7.39. The molecule has 2 atom stereocenters. The van der Waals surface area contributed by atoms with Crippen LogP contribution in [0.15, 0.2) is 17.1 Å². The number of hydrazine groups is 2. The number of carbonyl (C=O) groups is 1. The Balaban J connectivity index is 1.78. The molecule has 1 saturated heterocycles. The van der Waals surface area contributed by atoms with Gasteiger partial charge >= 0.3 is 5.97 Å². The van der Waals surface area contributed by atoms with Crippen LogP contribution in [0.5, 0.6) is 5.75 Å². The number of nitrogens with one attached hydrogen (secondary N) is 3. The van der Waals surface area contributed by atoms with Crippen molar-refractivity contribution in [3.63, 3.8) is 0 Å². The van der Waals surface area contributed by atoms with Gasteiger partial charge in [0.1, 0.15) is 5.75 Å². The smallest absolute Gasteiger partial charge is 0.327 e. The number of rotatable bonds is 4. The van der Waals surface area contributed by atoms with E-state index in [2.05, 4.69) is 28.2 Å². The summed E-state index contributed by atoms with van der Waals surface area (Å²) in [6.07, 6.45) is 3.91. The second kappa shape index (κ2) is 6.42. The van der Waals surface area contributed by atoms with E-state index in [1.54, 1.807) is 13.1 Å². The van der Waals surface area contributed by atoms with Crippen LogP contribution in [0.3, 0.4) is 0 Å². The molecular formula is C15H18N4O4. The lowest BCUT2D eigenvalue weighted by molar-refractivity contribution is -0.141. The molecular weight excluding hydrogens is 300 g/mol. The number of hydrogen-bond acceptors (Lipinski definition) is 6. The number of hydrogen-bond donors (Lipinski definition) is 4. The summed E-state index contributed by atoms with van der Waals surface area (Å²) >= 11 is 0. The molecule has 2 unspecified atom stereocenters. The average Bonchev–Trinajstić information content (AvgIpc) is 3.20. The summed E-state index contributed by atoms with van der Waals surface area (Å²) in [6, 6.07) is 0.595. The van der Waals surface area contributed by atoms with Crippen molar-refractivity contribution in [3.8, 4) is 17.6 Å². The monoisotopic (exact) mass is 318 g/mol. The lowest BCUT2D eigenvalue weighted by atomic mass is 10.2. The van der Waals surface area contributed by atoms with Crippen LogP contribution in [0.25, 0.3) is 0 Å². The van der Waals surface area contributed by atoms with E-state index in [0.717, 1.165) is 6.42 Å². The lowest BCUT2D eigenvalue weighted by Crippen LogP contribution is -2.44. The van der Waals surface area contributed by atoms with Gasteiger partial charge in [0.15, 0.2) is 12.3 Å². The molecule has 4 N–H and O–H groups in total. The number of aromatic nitrogens is 1. The molecule has 0 amide bonds. The van der Waals surface area contributed by atoms with Gasteiger partial charge in [0, 0.05) is 25.7 Å². The van der Waals surface area contributed by atoms with Gasteiger partial charge in [-0.3, -0.25) is 9.59 Å². The number of ether oxygens (including phenoxy) is 1. The Kier molecular flexibility index (Phi) is 4.34. The number of carboxylic acids is 1. The van der Waals surface area contributed by atoms with Gasteiger partial charge < -0.3 is 14.4 Å². The minimum absolute atomic E-state index is 0.203. The summed E-state index contributed by atoms with van der Waals surface area (Å²) in [5, 5.41) is 9.09. The first-order valence-corrected chi connectivity index (χ1v) is 7.39. The second-order valence-electron chi connectivity index (χ2n) is 5.72. The van der Waals surface area contributed by atoms with Crippen LogP contribution >= 0.6 is 0 Å². The summed E-state index contributed by atoms with van der Waals surface area (Å²) < 4.78 is 7.00. The Labute approximate surface area is 132 Å². The highest BCUT2D eigenvalue weighted by atomic mass is 16.5. The van der Waals surface area contributed by atoms with Crippen LogP contribution in [0.2, 0.25) is 0 Å². The summed E-state index contributed by atoms with van der Waals surface area (Å²) in [4.78, 5) is 23.2. The fourth-order valence-electron chi connectivity index (χ4n) is 2.23. The van der Waals surface area contributed by atoms with Gasteiger partial charge in [0.25, 0.3) is 5.56 Å². The molecule has 8 nitrogen and oxygen atoms in total. The lowest BCUT2D eigenvalue weighted by Gasteiger charge is -2.17. The predicted octanol–water partition coefficient (Wildman–Crippen LogP) is -0.693. The van der Waals surface area contributed by atoms with Gasteiger partial charge in [-0.2, -0.15) is 5.53 Å². The fraction of sp³-hybridized carbons (Fsp3) is 0.467. The third kappa shape index (κ3) is 3.71. The van der Waals surface area contributed by atoms with E-state index in [4.69, 9.17) is 9.84 Å². The molecule has 1 aliphatic heterocycles. The van der Waals surface area contributed by atoms with Crippen LogP contribution in [0.1, 0.15) is 24.8 Å². The SMILES string of the molecule is Cn1cc(OC2NNNC2C(=O)O)cc(C#CCC2CC2)c1=O. The van der Waals surface area contributed by atoms with Gasteiger partial charge in [-0.25, -0.2) is 10.9 Å². The number of carboxylic acid groups (broad SMARTS) is 1. The molecule has 3 rings (SSSR count). The van der Waals surface area contributed by atoms with E-state index < -0.39 is 18.2 Å². The maximum atomic E-state index is 12.1. The molecule has 1 aliphatic carbocycles. The van der Waals surface area contributed by atoms with Crippen LogP contribution in [0.4, 0.5) is 0 Å². The highest BCUT2D eigenvalue weighted by molar-refractivity contribution is 5.74. The minimum atomic E-state index is -1.05. The first-order chi connectivity index (χ1) is 11.0. The van der Waals surface area contributed by atoms with E-state index in [0.29, 0.717) is 17.2 Å². The van der Waals surface area contributed by atoms with Crippen LogP contribution in [-0.2, 0) is 11.8 Å². The molecule has 0 spiro atoms. The number of nitrogens with zero attached hydrogens (tertiary/aromatic N) is 1. The van der Waals surface area contributed by atoms with Crippen molar-refractivity contribution in [2.45, 2.75) is 31.5 Å². The van der Waals surface area contributed by atoms with E-state index >= 15 is 0 Å². The summed E-state index contributed by atoms with van der Waals surface area (Å²) in [6.45, 7) is 0. The van der Waals surface area contributed by atoms with Crippen LogP contribution < -0.4 is 26.7 Å². The van der Waals surface area contributed by atoms with Crippen molar-refractivity contribution in [2.75, 3.05) is 0 Å². The molecule has 1 aromatic heterocycles. The average molecular weight is 318 g/mol. The molecule has 1 saturated carbocycles. The van der Waals surface area contributed by atoms with E-state index in [1.807, 2.05) is 0 Å². The number of aryl methyl sites for hydroxylation is 1. The van der Waals surface area contributed by atoms with Crippen LogP contribution in [-0.4, -0.2) is 27.9 Å². The molecule has 8 heteroatoms. The van der Waals surface area contributed by atoms with Gasteiger partial charge in [0.05, 0.1) is 5.56 Å². The maximum Gasteiger partial charge on any atom is 0.327 e. The van der Waals surface area contributed by atoms with Crippen LogP contribution in [0, 0.1) is 17.8 Å². The molecule has 0 radical (unpaired) electrons. The zero-order chi connectivity index (χ0) is 16.4. The quantitative estimate of drug-likeness (QED) is 0.545. The van der Waals surface area contributed by atoms with Gasteiger partial charge in [-0.15, -0.1) is 0 Å². The first kappa shape index (κ1) is 15.6. The normalized spacial score (nSPS) is 23.2. The van der Waals surface area contributed by atoms with E-state index in [1.165, 1.54) is 23.6 Å². The minimum Gasteiger partial charge on any atom is -0.480 e. The highest BCUT2D eigenvalue weighted by Crippen LogP contribution is 2.31. The Morgan fingerprint density at radius 3 is 2.96 bits per heavy atom. The van der Waals surface area contributed by atoms with Gasteiger partial charge in [-0.05, 0) is 18.8 Å². The molecule has 0 bridgehead atoms. The zero-order valence-electron chi connectivity index (χ0n) is 12.6. The largest absolute Gasteiger partial charge is 0.480 e. The molecule has 2 fully saturated rings. The fourth-order valence-corrected chi connectivity index (χ4v) is 2.23. The highest BCUT2D eigenvalue weighted by Gasteiger charge is 2.34. The molecule has 23 heavy (non-hydrogen) atoms. The molecule has 122 valence electrons. The summed E-state index contributed by atoms with van der Waals surface area (Å²) in [5.41, 5.74) is 7.86. The molecule has 2 heterocycles. The van der Waals surface area contributed by atoms with Gasteiger partial charge in [0.2, 0.25) is 0 Å². The van der Waals surface area contributed by atoms with Crippen molar-refractivity contribution in [2.24, 2.45) is 13.0 Å². The van der Waals surface area contributed by atoms with Crippen molar-refractivity contribution in [3.05, 3.63) is 28.2 Å². The number of aliphatic carboxylic acids is 1. The molecule has 2 aliphatic rings. The van der Waals surface area contributed by atoms with Crippen molar-refractivity contribution >= 4 is 5.97 Å². The summed E-state index contributed by atoms with van der Waals surface area (Å²) in [7, 11) is 1.61. The van der Waals surface area contributed by atoms with Gasteiger partial charge in [-0.1, -0.05) is 11.8 Å². The number of pyridine rings is 1. The predicted molar refractivity (Wildman–Crippen MR) is 81.1 cm³/mol. The van der Waals surface area contributed by atoms with E-state index in [-0.39, 0.29) is 5.56 Å². The Bertz CT molecular complexity index is 729. The third-order valence-corrected chi connectivity index (χ3v) is 3.74. The topological polar surface area (TPSA) is 105 Å². The molecule has 1 aromatic rings. The third-order valence-electron chi connectivity index (χ3n) is 3.74. The van der Waals surface area contributed by atoms with Crippen molar-refractivity contribution < 1.29 is 14.6 Å². The summed E-state index contributed by atoms with van der Waals surface area (Å²) in [5.74, 6) is 5.91. The Hall–Kier alpha value is -2.34. The maximum absolute atomic E-state index is 12.1. The van der Waals surface area contributed by atoms with Crippen molar-refractivity contribution in [1.82, 2.24) is 21.0 Å². The standard InChI is InChI=1S/C15H18N4O4/c1-19-8-11(23-13-12(15(21)22)16-18-17-13)7-10(14(19)20)4-2-3-9-5-6-9/h7-9,12-13,16-18H,3,5-6H2,1H3,(H,21,22). The molecule has 0 aromatic carbocycles. The van der Waals surface area contributed by atoms with Crippen molar-refractivity contribution in [1.29, 1.82) is 0 Å². The Morgan fingerprint density at radius 2 is 2.26 bits per heavy atom. The zero-order valence-corrected chi connectivity index (χ0v) is 12.6. The Morgan fingerprint density at radius 1 is 1.48 bits per heavy atom. The second-order valence-corrected chi connectivity index (χ2v) is 5.72.